The van der Waals surface area contributed by atoms with Crippen LogP contribution in [0.5, 0.6) is 11.5 Å². The van der Waals surface area contributed by atoms with E-state index in [0.717, 1.165) is 62.3 Å². The molecule has 0 saturated heterocycles. The Hall–Kier alpha value is -5.64. The van der Waals surface area contributed by atoms with Crippen molar-refractivity contribution in [1.82, 2.24) is 9.55 Å². The van der Waals surface area contributed by atoms with Gasteiger partial charge in [-0.05, 0) is 115 Å². The van der Waals surface area contributed by atoms with E-state index >= 15 is 0 Å². The van der Waals surface area contributed by atoms with Gasteiger partial charge in [0, 0.05) is 61.1 Å². The zero-order valence-electron chi connectivity index (χ0n) is 32.9. The Kier molecular flexibility index (Phi) is 8.82. The smallest absolute Gasteiger partial charge is 0.135 e. The van der Waals surface area contributed by atoms with Crippen molar-refractivity contribution in [2.75, 3.05) is 16.8 Å². The molecule has 4 saturated carbocycles. The molecule has 0 N–H and O–H groups in total. The predicted octanol–water partition coefficient (Wildman–Crippen LogP) is 12.7. The van der Waals surface area contributed by atoms with E-state index in [2.05, 4.69) is 186 Å². The molecule has 5 aliphatic rings. The fourth-order valence-electron chi connectivity index (χ4n) is 11.8. The first kappa shape index (κ1) is 36.4. The number of benzene rings is 6. The van der Waals surface area contributed by atoms with E-state index in [1.807, 2.05) is 6.07 Å². The first-order valence-corrected chi connectivity index (χ1v) is 20.8. The number of nitrogens with zero attached hydrogens (tertiary/aromatic N) is 4. The van der Waals surface area contributed by atoms with E-state index in [1.54, 1.807) is 0 Å². The van der Waals surface area contributed by atoms with Gasteiger partial charge < -0.3 is 19.1 Å². The van der Waals surface area contributed by atoms with Crippen molar-refractivity contribution >= 4 is 38.9 Å². The molecule has 294 valence electrons. The summed E-state index contributed by atoms with van der Waals surface area (Å²) >= 11 is 0. The summed E-state index contributed by atoms with van der Waals surface area (Å²) in [5.41, 5.74) is 10.2. The van der Waals surface area contributed by atoms with E-state index in [9.17, 15) is 0 Å². The number of para-hydroxylation sites is 3. The molecule has 6 heteroatoms. The van der Waals surface area contributed by atoms with Gasteiger partial charge in [0.05, 0.1) is 0 Å². The second-order valence-corrected chi connectivity index (χ2v) is 17.1. The van der Waals surface area contributed by atoms with Crippen LogP contribution in [0.25, 0.3) is 38.8 Å². The molecule has 0 unspecified atom stereocenters. The van der Waals surface area contributed by atoms with Crippen LogP contribution < -0.4 is 14.5 Å². The fraction of sp³-hybridized carbons (Fsp3) is 0.208. The van der Waals surface area contributed by atoms with E-state index in [1.165, 1.54) is 48.6 Å². The molecule has 59 heavy (non-hydrogen) atoms. The number of ether oxygens (including phenoxy) is 1. The van der Waals surface area contributed by atoms with E-state index < -0.39 is 0 Å². The first-order valence-electron chi connectivity index (χ1n) is 20.8. The van der Waals surface area contributed by atoms with Crippen molar-refractivity contribution in [3.8, 4) is 28.4 Å². The third kappa shape index (κ3) is 5.80. The van der Waals surface area contributed by atoms with E-state index in [-0.39, 0.29) is 26.5 Å². The van der Waals surface area contributed by atoms with Gasteiger partial charge in [-0.2, -0.15) is 12.7 Å². The molecule has 0 amide bonds. The van der Waals surface area contributed by atoms with Crippen LogP contribution in [0, 0.1) is 42.5 Å². The SMILES string of the molecule is CN1[CH-]N(c2[c-]c(Oc3[c-]c4c(cc3)c3ccccc3n4-c3cc(C4(c5ccccc5)C5CC6CC(C5)CC4C6)ccn3)cc(-c3ccccc3)c2)c2ccccc21.[Pt]. The number of aromatic nitrogens is 2. The Labute approximate surface area is 360 Å². The molecule has 4 aliphatic carbocycles. The molecular formula is C53H43N4OPt-3. The average Bonchev–Trinajstić information content (AvgIpc) is 3.78. The summed E-state index contributed by atoms with van der Waals surface area (Å²) in [5, 5.41) is 2.30. The quantitative estimate of drug-likeness (QED) is 0.149. The average molecular weight is 947 g/mol. The Balaban J connectivity index is 0.00000397. The van der Waals surface area contributed by atoms with Gasteiger partial charge in [-0.25, -0.2) is 4.98 Å². The minimum absolute atomic E-state index is 0. The van der Waals surface area contributed by atoms with Gasteiger partial charge in [0.1, 0.15) is 5.82 Å². The van der Waals surface area contributed by atoms with Crippen molar-refractivity contribution in [3.63, 3.8) is 0 Å². The Morgan fingerprint density at radius 3 is 2.10 bits per heavy atom. The molecule has 3 heterocycles. The molecule has 0 atom stereocenters. The summed E-state index contributed by atoms with van der Waals surface area (Å²) in [7, 11) is 2.08. The zero-order chi connectivity index (χ0) is 38.4. The molecule has 0 radical (unpaired) electrons. The largest absolute Gasteiger partial charge is 0.509 e. The summed E-state index contributed by atoms with van der Waals surface area (Å²) in [6.45, 7) is 2.11. The number of hydrogen-bond acceptors (Lipinski definition) is 4. The van der Waals surface area contributed by atoms with Gasteiger partial charge in [-0.15, -0.1) is 47.0 Å². The van der Waals surface area contributed by atoms with Crippen molar-refractivity contribution in [1.29, 1.82) is 0 Å². The topological polar surface area (TPSA) is 33.5 Å². The number of anilines is 3. The summed E-state index contributed by atoms with van der Waals surface area (Å²) in [4.78, 5) is 9.47. The number of pyridine rings is 1. The van der Waals surface area contributed by atoms with E-state index in [4.69, 9.17) is 9.72 Å². The fourth-order valence-corrected chi connectivity index (χ4v) is 11.8. The van der Waals surface area contributed by atoms with Gasteiger partial charge in [-0.3, -0.25) is 0 Å². The van der Waals surface area contributed by atoms with Crippen LogP contribution in [0.1, 0.15) is 43.2 Å². The number of fused-ring (bicyclic) bond motifs is 4. The maximum absolute atomic E-state index is 6.81. The van der Waals surface area contributed by atoms with Crippen molar-refractivity contribution < 1.29 is 25.8 Å². The first-order chi connectivity index (χ1) is 28.6. The predicted molar refractivity (Wildman–Crippen MR) is 234 cm³/mol. The van der Waals surface area contributed by atoms with Gasteiger partial charge in [0.15, 0.2) is 0 Å². The molecule has 4 fully saturated rings. The molecule has 5 nitrogen and oxygen atoms in total. The molecule has 1 aliphatic heterocycles. The summed E-state index contributed by atoms with van der Waals surface area (Å²) in [6.07, 6.45) is 8.79. The van der Waals surface area contributed by atoms with Crippen molar-refractivity contribution in [2.24, 2.45) is 23.7 Å². The Bertz CT molecular complexity index is 2820. The maximum Gasteiger partial charge on any atom is 0.135 e. The summed E-state index contributed by atoms with van der Waals surface area (Å²) < 4.78 is 9.11. The second kappa shape index (κ2) is 14.3. The van der Waals surface area contributed by atoms with Crippen molar-refractivity contribution in [2.45, 2.75) is 37.5 Å². The maximum atomic E-state index is 6.81. The Morgan fingerprint density at radius 2 is 1.32 bits per heavy atom. The van der Waals surface area contributed by atoms with Crippen LogP contribution in [-0.4, -0.2) is 16.6 Å². The third-order valence-corrected chi connectivity index (χ3v) is 13.9. The molecule has 0 spiro atoms. The van der Waals surface area contributed by atoms with Crippen LogP contribution in [0.15, 0.2) is 152 Å². The van der Waals surface area contributed by atoms with Gasteiger partial charge in [-0.1, -0.05) is 96.5 Å². The summed E-state index contributed by atoms with van der Waals surface area (Å²) in [6, 6.07) is 59.6. The minimum atomic E-state index is -0.0114. The normalized spacial score (nSPS) is 22.8. The Morgan fingerprint density at radius 1 is 0.627 bits per heavy atom. The van der Waals surface area contributed by atoms with Gasteiger partial charge in [0.25, 0.3) is 0 Å². The number of hydrogen-bond donors (Lipinski definition) is 0. The number of rotatable bonds is 7. The molecule has 8 aromatic rings. The monoisotopic (exact) mass is 946 g/mol. The van der Waals surface area contributed by atoms with Crippen LogP contribution in [0.3, 0.4) is 0 Å². The van der Waals surface area contributed by atoms with Gasteiger partial charge >= 0.3 is 0 Å². The second-order valence-electron chi connectivity index (χ2n) is 17.1. The summed E-state index contributed by atoms with van der Waals surface area (Å²) in [5.74, 6) is 5.22. The van der Waals surface area contributed by atoms with Crippen LogP contribution in [0.4, 0.5) is 17.1 Å². The van der Waals surface area contributed by atoms with Crippen LogP contribution in [0.2, 0.25) is 0 Å². The molecule has 13 rings (SSSR count). The van der Waals surface area contributed by atoms with Gasteiger partial charge in [0.2, 0.25) is 0 Å². The zero-order valence-corrected chi connectivity index (χ0v) is 35.1. The van der Waals surface area contributed by atoms with Crippen LogP contribution >= 0.6 is 0 Å². The molecule has 4 bridgehead atoms. The molecule has 6 aromatic carbocycles. The third-order valence-electron chi connectivity index (χ3n) is 13.9. The van der Waals surface area contributed by atoms with E-state index in [0.29, 0.717) is 23.3 Å². The molecular weight excluding hydrogens is 904 g/mol. The molecule has 2 aromatic heterocycles. The minimum Gasteiger partial charge on any atom is -0.509 e. The van der Waals surface area contributed by atoms with Crippen LogP contribution in [-0.2, 0) is 26.5 Å². The standard InChI is InChI=1S/C53H43N4O.Pt/c1-55-34-56(50-19-11-10-18-49(50)55)43-29-38(37-12-4-2-5-13-37)30-45(32-43)58-44-20-21-47-46-16-8-9-17-48(46)57(51(47)33-44)52-31-40(22-23-54-52)53(39-14-6-3-7-15-39)41-25-35-24-36(27-41)28-42(53)26-35;/h2-23,29-31,34-36,41-42H,24-28H2,1H3;/q-3;. The van der Waals surface area contributed by atoms with Crippen molar-refractivity contribution in [3.05, 3.63) is 182 Å².